The van der Waals surface area contributed by atoms with Gasteiger partial charge < -0.3 is 25.4 Å². The zero-order valence-electron chi connectivity index (χ0n) is 25.3. The predicted molar refractivity (Wildman–Crippen MR) is 167 cm³/mol. The first-order chi connectivity index (χ1) is 20.4. The van der Waals surface area contributed by atoms with E-state index < -0.39 is 42.3 Å². The third-order valence-corrected chi connectivity index (χ3v) is 7.43. The summed E-state index contributed by atoms with van der Waals surface area (Å²) in [4.78, 5) is 46.5. The van der Waals surface area contributed by atoms with Crippen LogP contribution in [0.2, 0.25) is 0 Å². The molecule has 0 saturated heterocycles. The lowest BCUT2D eigenvalue weighted by molar-refractivity contribution is -0.159. The minimum Gasteiger partial charge on any atom is -0.481 e. The van der Waals surface area contributed by atoms with E-state index >= 15 is 0 Å². The summed E-state index contributed by atoms with van der Waals surface area (Å²) in [6.07, 6.45) is 18.4. The zero-order valence-corrected chi connectivity index (χ0v) is 26.1. The van der Waals surface area contributed by atoms with Crippen molar-refractivity contribution >= 4 is 35.4 Å². The number of primary amides is 1. The van der Waals surface area contributed by atoms with E-state index in [4.69, 9.17) is 31.9 Å². The average Bonchev–Trinajstić information content (AvgIpc) is 2.95. The molecule has 43 heavy (non-hydrogen) atoms. The highest BCUT2D eigenvalue weighted by Gasteiger charge is 2.34. The number of carbonyl (C=O) groups excluding carboxylic acids is 3. The van der Waals surface area contributed by atoms with Crippen molar-refractivity contribution in [3.05, 3.63) is 71.4 Å². The molecule has 0 radical (unpaired) electrons. The SMILES string of the molecule is CC/C=C/[C@H](CCCC(=O)CC[C@H](C)/C(Cl)=C/C=C/C=C(C)/C=C/C=C/C(=O)OC1CC(C(=O)O)CCC1O)OC(N)=O. The van der Waals surface area contributed by atoms with Crippen molar-refractivity contribution in [1.29, 1.82) is 0 Å². The van der Waals surface area contributed by atoms with Crippen molar-refractivity contribution in [2.24, 2.45) is 17.6 Å². The molecule has 0 heterocycles. The van der Waals surface area contributed by atoms with E-state index in [1.54, 1.807) is 24.3 Å². The topological polar surface area (TPSA) is 153 Å². The van der Waals surface area contributed by atoms with E-state index in [1.807, 2.05) is 45.1 Å². The van der Waals surface area contributed by atoms with Crippen LogP contribution in [0.4, 0.5) is 4.79 Å². The maximum Gasteiger partial charge on any atom is 0.405 e. The molecule has 238 valence electrons. The summed E-state index contributed by atoms with van der Waals surface area (Å²) in [7, 11) is 0. The Morgan fingerprint density at radius 3 is 2.40 bits per heavy atom. The number of aliphatic hydroxyl groups excluding tert-OH is 1. The van der Waals surface area contributed by atoms with Crippen LogP contribution in [-0.4, -0.2) is 52.3 Å². The van der Waals surface area contributed by atoms with E-state index in [1.165, 1.54) is 12.2 Å². The Bertz CT molecular complexity index is 1100. The van der Waals surface area contributed by atoms with Gasteiger partial charge in [-0.3, -0.25) is 9.59 Å². The van der Waals surface area contributed by atoms with E-state index in [2.05, 4.69) is 0 Å². The Morgan fingerprint density at radius 1 is 1.02 bits per heavy atom. The van der Waals surface area contributed by atoms with Gasteiger partial charge in [0, 0.05) is 30.4 Å². The van der Waals surface area contributed by atoms with Crippen LogP contribution in [0.25, 0.3) is 0 Å². The molecular weight excluding hydrogens is 574 g/mol. The number of hydrogen-bond acceptors (Lipinski definition) is 7. The normalized spacial score (nSPS) is 21.5. The van der Waals surface area contributed by atoms with Crippen LogP contribution in [-0.2, 0) is 23.9 Å². The summed E-state index contributed by atoms with van der Waals surface area (Å²) < 4.78 is 10.3. The molecule has 0 aliphatic heterocycles. The number of aliphatic carboxylic acids is 1. The van der Waals surface area contributed by atoms with Crippen LogP contribution >= 0.6 is 11.6 Å². The van der Waals surface area contributed by atoms with Gasteiger partial charge in [-0.15, -0.1) is 0 Å². The standard InChI is InChI=1S/C33H46ClNO8/c1-4-5-14-27(42-33(35)41)15-10-13-26(36)20-18-24(3)28(34)16-8-6-11-23(2)12-7-9-17-31(38)43-30-22-25(32(39)40)19-21-29(30)37/h5-9,11-12,14,16-17,24-25,27,29-30,37H,4,10,13,15,18-22H2,1-3H3,(H2,35,41)(H,39,40)/b8-6+,12-7+,14-5+,17-9+,23-11+,28-16-/t24-,25?,27+,29?,30?/m0/s1. The number of halogens is 1. The molecule has 1 aliphatic carbocycles. The maximum absolute atomic E-state index is 12.3. The highest BCUT2D eigenvalue weighted by molar-refractivity contribution is 6.29. The van der Waals surface area contributed by atoms with Gasteiger partial charge in [0.1, 0.15) is 18.0 Å². The fourth-order valence-corrected chi connectivity index (χ4v) is 4.52. The van der Waals surface area contributed by atoms with Crippen molar-refractivity contribution in [3.63, 3.8) is 0 Å². The fourth-order valence-electron chi connectivity index (χ4n) is 4.34. The van der Waals surface area contributed by atoms with Crippen LogP contribution in [0, 0.1) is 11.8 Å². The lowest BCUT2D eigenvalue weighted by atomic mass is 9.85. The number of esters is 1. The molecule has 3 unspecified atom stereocenters. The summed E-state index contributed by atoms with van der Waals surface area (Å²) in [6, 6.07) is 0. The number of allylic oxidation sites excluding steroid dienone is 10. The van der Waals surface area contributed by atoms with Crippen molar-refractivity contribution in [3.8, 4) is 0 Å². The van der Waals surface area contributed by atoms with Crippen molar-refractivity contribution in [2.75, 3.05) is 0 Å². The van der Waals surface area contributed by atoms with Crippen LogP contribution in [0.15, 0.2) is 71.4 Å². The number of hydrogen-bond donors (Lipinski definition) is 3. The molecule has 1 aliphatic rings. The highest BCUT2D eigenvalue weighted by Crippen LogP contribution is 2.27. The number of ketones is 1. The molecule has 4 N–H and O–H groups in total. The first kappa shape index (κ1) is 37.6. The number of carboxylic acids is 1. The molecule has 9 nitrogen and oxygen atoms in total. The predicted octanol–water partition coefficient (Wildman–Crippen LogP) is 6.47. The van der Waals surface area contributed by atoms with Gasteiger partial charge in [-0.2, -0.15) is 0 Å². The number of Topliss-reactive ketones (excluding diaryl/α,β-unsaturated/α-hetero) is 1. The van der Waals surface area contributed by atoms with E-state index in [0.717, 1.165) is 12.0 Å². The van der Waals surface area contributed by atoms with Gasteiger partial charge in [-0.05, 0) is 63.5 Å². The minimum atomic E-state index is -0.949. The molecular formula is C33H46ClNO8. The number of carboxylic acid groups (broad SMARTS) is 1. The molecule has 0 aromatic heterocycles. The van der Waals surface area contributed by atoms with Gasteiger partial charge in [0.25, 0.3) is 0 Å². The lowest BCUT2D eigenvalue weighted by Gasteiger charge is -2.30. The highest BCUT2D eigenvalue weighted by atomic mass is 35.5. The molecule has 10 heteroatoms. The smallest absolute Gasteiger partial charge is 0.405 e. The van der Waals surface area contributed by atoms with Crippen molar-refractivity contribution in [2.45, 2.75) is 96.9 Å². The summed E-state index contributed by atoms with van der Waals surface area (Å²) in [5.41, 5.74) is 6.02. The van der Waals surface area contributed by atoms with Gasteiger partial charge in [0.15, 0.2) is 0 Å². The average molecular weight is 620 g/mol. The number of amides is 1. The second-order valence-electron chi connectivity index (χ2n) is 10.6. The Kier molecular flexibility index (Phi) is 18.6. The molecule has 1 rings (SSSR count). The molecule has 1 fully saturated rings. The third-order valence-electron chi connectivity index (χ3n) is 6.93. The van der Waals surface area contributed by atoms with E-state index in [9.17, 15) is 24.3 Å². The fraction of sp³-hybridized carbons (Fsp3) is 0.515. The molecule has 0 bridgehead atoms. The second kappa shape index (κ2) is 21.3. The first-order valence-electron chi connectivity index (χ1n) is 14.7. The molecule has 1 amide bonds. The zero-order chi connectivity index (χ0) is 32.2. The summed E-state index contributed by atoms with van der Waals surface area (Å²) in [5, 5.41) is 19.8. The van der Waals surface area contributed by atoms with Crippen LogP contribution in [0.3, 0.4) is 0 Å². The number of nitrogens with two attached hydrogens (primary N) is 1. The van der Waals surface area contributed by atoms with Crippen LogP contribution in [0.1, 0.15) is 78.6 Å². The van der Waals surface area contributed by atoms with Gasteiger partial charge in [-0.1, -0.05) is 73.6 Å². The second-order valence-corrected chi connectivity index (χ2v) is 11.1. The number of aliphatic hydroxyl groups is 1. The Labute approximate surface area is 259 Å². The van der Waals surface area contributed by atoms with Crippen molar-refractivity contribution < 1.29 is 38.9 Å². The van der Waals surface area contributed by atoms with E-state index in [-0.39, 0.29) is 24.5 Å². The Morgan fingerprint density at radius 2 is 1.72 bits per heavy atom. The van der Waals surface area contributed by atoms with Gasteiger partial charge in [0.2, 0.25) is 0 Å². The van der Waals surface area contributed by atoms with Crippen LogP contribution in [0.5, 0.6) is 0 Å². The summed E-state index contributed by atoms with van der Waals surface area (Å²) in [5.74, 6) is -2.05. The lowest BCUT2D eigenvalue weighted by Crippen LogP contribution is -2.39. The van der Waals surface area contributed by atoms with Crippen LogP contribution < -0.4 is 5.73 Å². The number of ether oxygens (including phenoxy) is 2. The molecule has 1 saturated carbocycles. The quantitative estimate of drug-likeness (QED) is 0.0683. The summed E-state index contributed by atoms with van der Waals surface area (Å²) in [6.45, 7) is 5.83. The summed E-state index contributed by atoms with van der Waals surface area (Å²) >= 11 is 6.41. The first-order valence-corrected chi connectivity index (χ1v) is 15.1. The largest absolute Gasteiger partial charge is 0.481 e. The Hall–Kier alpha value is -3.43. The molecule has 5 atom stereocenters. The van der Waals surface area contributed by atoms with Gasteiger partial charge in [0.05, 0.1) is 12.0 Å². The number of rotatable bonds is 18. The van der Waals surface area contributed by atoms with Gasteiger partial charge >= 0.3 is 18.0 Å². The van der Waals surface area contributed by atoms with E-state index in [0.29, 0.717) is 43.6 Å². The third kappa shape index (κ3) is 17.3. The Balaban J connectivity index is 2.42. The monoisotopic (exact) mass is 619 g/mol. The minimum absolute atomic E-state index is 0.0216. The maximum atomic E-state index is 12.3. The number of carbonyl (C=O) groups is 4. The molecule has 0 spiro atoms. The molecule has 0 aromatic carbocycles. The van der Waals surface area contributed by atoms with Gasteiger partial charge in [-0.25, -0.2) is 9.59 Å². The molecule has 0 aromatic rings. The van der Waals surface area contributed by atoms with Crippen molar-refractivity contribution in [1.82, 2.24) is 0 Å².